The van der Waals surface area contributed by atoms with Crippen LogP contribution in [0, 0.1) is 5.82 Å². The van der Waals surface area contributed by atoms with Gasteiger partial charge >= 0.3 is 0 Å². The van der Waals surface area contributed by atoms with Crippen LogP contribution in [0.2, 0.25) is 0 Å². The van der Waals surface area contributed by atoms with Crippen LogP contribution in [0.4, 0.5) is 9.39 Å². The smallest absolute Gasteiger partial charge is 0.262 e. The van der Waals surface area contributed by atoms with E-state index in [-0.39, 0.29) is 20.4 Å². The van der Waals surface area contributed by atoms with Crippen molar-refractivity contribution in [2.24, 2.45) is 5.73 Å². The topological polar surface area (TPSA) is 98.0 Å². The molecule has 2 aromatic rings. The van der Waals surface area contributed by atoms with E-state index in [1.807, 2.05) is 0 Å². The molecule has 3 N–H and O–H groups in total. The lowest BCUT2D eigenvalue weighted by molar-refractivity contribution is 0.599. The molecule has 0 fully saturated rings. The summed E-state index contributed by atoms with van der Waals surface area (Å²) >= 11 is 5.53. The van der Waals surface area contributed by atoms with E-state index in [2.05, 4.69) is 26.5 Å². The number of anilines is 1. The van der Waals surface area contributed by atoms with Crippen LogP contribution in [0.25, 0.3) is 0 Å². The van der Waals surface area contributed by atoms with Crippen molar-refractivity contribution >= 4 is 43.8 Å². The standard InChI is InChI=1S/C9H7FN4O2S3/c10-7-2-1-5(3-6(7)9(11)17)19(15,16)13-8-4-12-14-18-8/h1-4,13H,(H2,11,17). The summed E-state index contributed by atoms with van der Waals surface area (Å²) in [6, 6.07) is 3.19. The largest absolute Gasteiger partial charge is 0.389 e. The quantitative estimate of drug-likeness (QED) is 0.820. The number of thiocarbonyl (C=S) groups is 1. The highest BCUT2D eigenvalue weighted by atomic mass is 32.2. The van der Waals surface area contributed by atoms with E-state index in [1.54, 1.807) is 0 Å². The van der Waals surface area contributed by atoms with Gasteiger partial charge in [0, 0.05) is 17.1 Å². The van der Waals surface area contributed by atoms with Gasteiger partial charge in [-0.1, -0.05) is 16.7 Å². The second-order valence-electron chi connectivity index (χ2n) is 3.39. The van der Waals surface area contributed by atoms with E-state index < -0.39 is 15.8 Å². The van der Waals surface area contributed by atoms with E-state index in [0.29, 0.717) is 0 Å². The predicted octanol–water partition coefficient (Wildman–Crippen LogP) is 1.11. The molecule has 1 aromatic carbocycles. The van der Waals surface area contributed by atoms with Gasteiger partial charge in [0.1, 0.15) is 15.8 Å². The number of sulfonamides is 1. The van der Waals surface area contributed by atoms with Gasteiger partial charge in [0.15, 0.2) is 0 Å². The highest BCUT2D eigenvalue weighted by molar-refractivity contribution is 7.93. The van der Waals surface area contributed by atoms with Crippen LogP contribution in [0.5, 0.6) is 0 Å². The highest BCUT2D eigenvalue weighted by Crippen LogP contribution is 2.20. The number of rotatable bonds is 4. The van der Waals surface area contributed by atoms with Crippen LogP contribution in [0.3, 0.4) is 0 Å². The molecule has 0 saturated carbocycles. The third-order valence-electron chi connectivity index (χ3n) is 2.11. The number of benzene rings is 1. The zero-order valence-corrected chi connectivity index (χ0v) is 11.6. The van der Waals surface area contributed by atoms with Crippen molar-refractivity contribution in [1.82, 2.24) is 9.59 Å². The van der Waals surface area contributed by atoms with E-state index in [1.165, 1.54) is 6.20 Å². The average molecular weight is 318 g/mol. The van der Waals surface area contributed by atoms with Crippen LogP contribution in [-0.2, 0) is 10.0 Å². The molecule has 0 unspecified atom stereocenters. The van der Waals surface area contributed by atoms with E-state index in [0.717, 1.165) is 29.7 Å². The van der Waals surface area contributed by atoms with Gasteiger partial charge in [0.25, 0.3) is 10.0 Å². The molecular weight excluding hydrogens is 311 g/mol. The van der Waals surface area contributed by atoms with Gasteiger partial charge in [-0.05, 0) is 18.2 Å². The minimum absolute atomic E-state index is 0.125. The van der Waals surface area contributed by atoms with Crippen molar-refractivity contribution in [2.75, 3.05) is 4.72 Å². The predicted molar refractivity (Wildman–Crippen MR) is 73.0 cm³/mol. The second kappa shape index (κ2) is 5.15. The van der Waals surface area contributed by atoms with Crippen molar-refractivity contribution in [2.45, 2.75) is 4.90 Å². The Hall–Kier alpha value is -1.65. The van der Waals surface area contributed by atoms with Gasteiger partial charge in [-0.25, -0.2) is 12.8 Å². The number of nitrogens with one attached hydrogen (secondary N) is 1. The molecule has 0 aliphatic rings. The molecule has 2 rings (SSSR count). The number of hydrogen-bond acceptors (Lipinski definition) is 6. The molecule has 100 valence electrons. The maximum Gasteiger partial charge on any atom is 0.262 e. The Kier molecular flexibility index (Phi) is 3.73. The van der Waals surface area contributed by atoms with Crippen LogP contribution < -0.4 is 10.5 Å². The fourth-order valence-electron chi connectivity index (χ4n) is 1.26. The molecule has 0 spiro atoms. The number of nitrogens with zero attached hydrogens (tertiary/aromatic N) is 2. The minimum Gasteiger partial charge on any atom is -0.389 e. The SMILES string of the molecule is NC(=S)c1cc(S(=O)(=O)Nc2cnns2)ccc1F. The Morgan fingerprint density at radius 1 is 1.47 bits per heavy atom. The molecule has 10 heteroatoms. The fourth-order valence-corrected chi connectivity index (χ4v) is 3.13. The zero-order chi connectivity index (χ0) is 14.0. The number of aromatic nitrogens is 2. The number of hydrogen-bond donors (Lipinski definition) is 2. The summed E-state index contributed by atoms with van der Waals surface area (Å²) < 4.78 is 43.2. The van der Waals surface area contributed by atoms with Gasteiger partial charge in [-0.15, -0.1) is 5.10 Å². The molecule has 6 nitrogen and oxygen atoms in total. The number of halogens is 1. The van der Waals surface area contributed by atoms with Crippen LogP contribution in [-0.4, -0.2) is 23.0 Å². The first-order chi connectivity index (χ1) is 8.90. The summed E-state index contributed by atoms with van der Waals surface area (Å²) in [7, 11) is -3.86. The normalized spacial score (nSPS) is 11.2. The summed E-state index contributed by atoms with van der Waals surface area (Å²) in [5, 5.41) is 3.75. The minimum atomic E-state index is -3.86. The molecule has 19 heavy (non-hydrogen) atoms. The van der Waals surface area contributed by atoms with Gasteiger partial charge in [0.05, 0.1) is 11.1 Å². The first-order valence-electron chi connectivity index (χ1n) is 4.79. The molecular formula is C9H7FN4O2S3. The molecule has 1 aromatic heterocycles. The van der Waals surface area contributed by atoms with Crippen molar-refractivity contribution in [3.05, 3.63) is 35.8 Å². The van der Waals surface area contributed by atoms with Crippen LogP contribution >= 0.6 is 23.8 Å². The third kappa shape index (κ3) is 3.03. The van der Waals surface area contributed by atoms with E-state index >= 15 is 0 Å². The van der Waals surface area contributed by atoms with Crippen molar-refractivity contribution in [1.29, 1.82) is 0 Å². The van der Waals surface area contributed by atoms with Crippen molar-refractivity contribution < 1.29 is 12.8 Å². The van der Waals surface area contributed by atoms with Gasteiger partial charge in [-0.3, -0.25) is 4.72 Å². The molecule has 0 aliphatic heterocycles. The van der Waals surface area contributed by atoms with Crippen molar-refractivity contribution in [3.8, 4) is 0 Å². The van der Waals surface area contributed by atoms with E-state index in [9.17, 15) is 12.8 Å². The average Bonchev–Trinajstić information content (AvgIpc) is 2.80. The molecule has 1 heterocycles. The molecule has 0 saturated heterocycles. The maximum atomic E-state index is 13.4. The lowest BCUT2D eigenvalue weighted by Crippen LogP contribution is -2.16. The van der Waals surface area contributed by atoms with Crippen molar-refractivity contribution in [3.63, 3.8) is 0 Å². The summed E-state index contributed by atoms with van der Waals surface area (Å²) in [4.78, 5) is -0.362. The summed E-state index contributed by atoms with van der Waals surface area (Å²) in [5.41, 5.74) is 5.20. The molecule has 0 atom stereocenters. The Bertz CT molecular complexity index is 715. The monoisotopic (exact) mass is 318 g/mol. The lowest BCUT2D eigenvalue weighted by atomic mass is 10.2. The van der Waals surface area contributed by atoms with Crippen LogP contribution in [0.15, 0.2) is 29.3 Å². The van der Waals surface area contributed by atoms with Gasteiger partial charge in [-0.2, -0.15) is 0 Å². The number of nitrogens with two attached hydrogens (primary N) is 1. The first-order valence-corrected chi connectivity index (χ1v) is 7.46. The molecule has 0 radical (unpaired) electrons. The molecule has 0 amide bonds. The van der Waals surface area contributed by atoms with Crippen LogP contribution in [0.1, 0.15) is 5.56 Å². The van der Waals surface area contributed by atoms with Gasteiger partial charge in [0.2, 0.25) is 0 Å². The Balaban J connectivity index is 2.41. The molecule has 0 bridgehead atoms. The summed E-state index contributed by atoms with van der Waals surface area (Å²) in [6.45, 7) is 0. The fraction of sp³-hybridized carbons (Fsp3) is 0. The second-order valence-corrected chi connectivity index (χ2v) is 6.30. The zero-order valence-electron chi connectivity index (χ0n) is 9.20. The lowest BCUT2D eigenvalue weighted by Gasteiger charge is -2.07. The Morgan fingerprint density at radius 2 is 2.21 bits per heavy atom. The highest BCUT2D eigenvalue weighted by Gasteiger charge is 2.18. The van der Waals surface area contributed by atoms with E-state index in [4.69, 9.17) is 5.73 Å². The Morgan fingerprint density at radius 3 is 2.79 bits per heavy atom. The summed E-state index contributed by atoms with van der Waals surface area (Å²) in [5.74, 6) is -0.675. The third-order valence-corrected chi connectivity index (χ3v) is 4.40. The Labute approximate surface area is 117 Å². The van der Waals surface area contributed by atoms with Gasteiger partial charge < -0.3 is 5.73 Å². The molecule has 0 aliphatic carbocycles. The summed E-state index contributed by atoms with van der Waals surface area (Å²) in [6.07, 6.45) is 1.26. The first kappa shape index (κ1) is 13.8. The maximum absolute atomic E-state index is 13.4.